The number of rotatable bonds is 4. The van der Waals surface area contributed by atoms with Gasteiger partial charge < -0.3 is 9.88 Å². The Labute approximate surface area is 92.9 Å². The Balaban J connectivity index is 2.31. The lowest BCUT2D eigenvalue weighted by atomic mass is 9.82. The lowest BCUT2D eigenvalue weighted by Crippen LogP contribution is -2.30. The average molecular weight is 209 g/mol. The summed E-state index contributed by atoms with van der Waals surface area (Å²) in [5.74, 6) is 1.76. The van der Waals surface area contributed by atoms with E-state index in [4.69, 9.17) is 0 Å². The topological polar surface area (TPSA) is 29.9 Å². The van der Waals surface area contributed by atoms with Gasteiger partial charge in [0.2, 0.25) is 0 Å². The molecule has 0 spiro atoms. The Bertz CT molecular complexity index is 296. The van der Waals surface area contributed by atoms with Crippen molar-refractivity contribution in [3.05, 3.63) is 18.2 Å². The average Bonchev–Trinajstić information content (AvgIpc) is 2.50. The largest absolute Gasteiger partial charge is 0.337 e. The molecule has 0 radical (unpaired) electrons. The molecule has 1 atom stereocenters. The van der Waals surface area contributed by atoms with Crippen molar-refractivity contribution in [1.82, 2.24) is 14.9 Å². The van der Waals surface area contributed by atoms with Crippen LogP contribution >= 0.6 is 0 Å². The summed E-state index contributed by atoms with van der Waals surface area (Å²) in [6.07, 6.45) is 3.81. The minimum atomic E-state index is 0.370. The van der Waals surface area contributed by atoms with Crippen LogP contribution in [0, 0.1) is 11.3 Å². The smallest absolute Gasteiger partial charge is 0.122 e. The summed E-state index contributed by atoms with van der Waals surface area (Å²) in [5.41, 5.74) is 0.370. The number of hydrogen-bond acceptors (Lipinski definition) is 2. The van der Waals surface area contributed by atoms with Gasteiger partial charge in [0.1, 0.15) is 5.82 Å². The molecule has 0 aliphatic rings. The first kappa shape index (κ1) is 12.2. The Morgan fingerprint density at radius 3 is 2.60 bits per heavy atom. The molecule has 1 N–H and O–H groups in total. The van der Waals surface area contributed by atoms with Crippen molar-refractivity contribution >= 4 is 0 Å². The highest BCUT2D eigenvalue weighted by Gasteiger charge is 2.19. The van der Waals surface area contributed by atoms with Crippen molar-refractivity contribution < 1.29 is 0 Å². The molecule has 15 heavy (non-hydrogen) atoms. The molecule has 0 aromatic carbocycles. The van der Waals surface area contributed by atoms with Gasteiger partial charge in [-0.3, -0.25) is 0 Å². The minimum absolute atomic E-state index is 0.370. The fraction of sp³-hybridized carbons (Fsp3) is 0.750. The molecule has 0 aliphatic carbocycles. The summed E-state index contributed by atoms with van der Waals surface area (Å²) >= 11 is 0. The van der Waals surface area contributed by atoms with Gasteiger partial charge >= 0.3 is 0 Å². The molecule has 0 aliphatic heterocycles. The van der Waals surface area contributed by atoms with Crippen LogP contribution in [0.5, 0.6) is 0 Å². The van der Waals surface area contributed by atoms with Gasteiger partial charge in [-0.05, 0) is 17.9 Å². The molecule has 3 heteroatoms. The van der Waals surface area contributed by atoms with E-state index in [1.165, 1.54) is 0 Å². The second-order valence-electron chi connectivity index (χ2n) is 5.35. The first-order valence-electron chi connectivity index (χ1n) is 5.58. The van der Waals surface area contributed by atoms with Crippen LogP contribution in [0.3, 0.4) is 0 Å². The summed E-state index contributed by atoms with van der Waals surface area (Å²) in [7, 11) is 2.03. The molecular weight excluding hydrogens is 186 g/mol. The summed E-state index contributed by atoms with van der Waals surface area (Å²) in [5, 5.41) is 3.45. The highest BCUT2D eigenvalue weighted by molar-refractivity contribution is 4.90. The van der Waals surface area contributed by atoms with Crippen molar-refractivity contribution in [1.29, 1.82) is 0 Å². The molecule has 1 unspecified atom stereocenters. The van der Waals surface area contributed by atoms with Crippen LogP contribution in [0.1, 0.15) is 33.5 Å². The number of aryl methyl sites for hydroxylation is 1. The molecule has 0 fully saturated rings. The van der Waals surface area contributed by atoms with Gasteiger partial charge in [-0.2, -0.15) is 0 Å². The summed E-state index contributed by atoms with van der Waals surface area (Å²) in [6.45, 7) is 11.0. The number of aromatic nitrogens is 2. The standard InChI is InChI=1S/C12H23N3/c1-10(12(2,3)4)8-13-9-11-14-6-7-15(11)5/h6-7,10,13H,8-9H2,1-5H3. The molecule has 1 rings (SSSR count). The first-order chi connectivity index (χ1) is 6.91. The number of nitrogens with one attached hydrogen (secondary N) is 1. The van der Waals surface area contributed by atoms with Crippen LogP contribution in [0.25, 0.3) is 0 Å². The normalized spacial score (nSPS) is 14.2. The van der Waals surface area contributed by atoms with Crippen LogP contribution in [0.15, 0.2) is 12.4 Å². The van der Waals surface area contributed by atoms with E-state index in [2.05, 4.69) is 42.6 Å². The van der Waals surface area contributed by atoms with Gasteiger partial charge in [-0.25, -0.2) is 4.98 Å². The van der Waals surface area contributed by atoms with Crippen molar-refractivity contribution in [3.63, 3.8) is 0 Å². The van der Waals surface area contributed by atoms with Crippen LogP contribution in [-0.2, 0) is 13.6 Å². The fourth-order valence-electron chi connectivity index (χ4n) is 1.27. The zero-order chi connectivity index (χ0) is 11.5. The van der Waals surface area contributed by atoms with Gasteiger partial charge in [-0.15, -0.1) is 0 Å². The molecule has 0 bridgehead atoms. The van der Waals surface area contributed by atoms with E-state index in [0.29, 0.717) is 11.3 Å². The highest BCUT2D eigenvalue weighted by Crippen LogP contribution is 2.24. The van der Waals surface area contributed by atoms with Gasteiger partial charge in [0, 0.05) is 19.4 Å². The lowest BCUT2D eigenvalue weighted by Gasteiger charge is -2.27. The van der Waals surface area contributed by atoms with E-state index < -0.39 is 0 Å². The molecule has 3 nitrogen and oxygen atoms in total. The molecule has 0 saturated carbocycles. The third-order valence-electron chi connectivity index (χ3n) is 3.13. The Morgan fingerprint density at radius 1 is 1.47 bits per heavy atom. The van der Waals surface area contributed by atoms with Gasteiger partial charge in [0.05, 0.1) is 6.54 Å². The Kier molecular flexibility index (Phi) is 3.91. The summed E-state index contributed by atoms with van der Waals surface area (Å²) < 4.78 is 2.05. The van der Waals surface area contributed by atoms with Crippen LogP contribution in [0.4, 0.5) is 0 Å². The van der Waals surface area contributed by atoms with Gasteiger partial charge in [0.25, 0.3) is 0 Å². The monoisotopic (exact) mass is 209 g/mol. The fourth-order valence-corrected chi connectivity index (χ4v) is 1.27. The van der Waals surface area contributed by atoms with E-state index in [1.807, 2.05) is 19.4 Å². The number of imidazole rings is 1. The van der Waals surface area contributed by atoms with Gasteiger partial charge in [0.15, 0.2) is 0 Å². The van der Waals surface area contributed by atoms with E-state index >= 15 is 0 Å². The highest BCUT2D eigenvalue weighted by atomic mass is 15.1. The predicted molar refractivity (Wildman–Crippen MR) is 63.5 cm³/mol. The van der Waals surface area contributed by atoms with E-state index in [1.54, 1.807) is 0 Å². The van der Waals surface area contributed by atoms with Crippen LogP contribution in [-0.4, -0.2) is 16.1 Å². The number of hydrogen-bond donors (Lipinski definition) is 1. The van der Waals surface area contributed by atoms with E-state index in [9.17, 15) is 0 Å². The zero-order valence-corrected chi connectivity index (χ0v) is 10.5. The minimum Gasteiger partial charge on any atom is -0.337 e. The molecule has 0 saturated heterocycles. The maximum absolute atomic E-state index is 4.28. The third-order valence-corrected chi connectivity index (χ3v) is 3.13. The van der Waals surface area contributed by atoms with Crippen molar-refractivity contribution in [2.45, 2.75) is 34.2 Å². The molecule has 0 amide bonds. The summed E-state index contributed by atoms with van der Waals surface area (Å²) in [4.78, 5) is 4.28. The third kappa shape index (κ3) is 3.67. The van der Waals surface area contributed by atoms with Crippen molar-refractivity contribution in [3.8, 4) is 0 Å². The van der Waals surface area contributed by atoms with Gasteiger partial charge in [-0.1, -0.05) is 27.7 Å². The maximum atomic E-state index is 4.28. The SMILES string of the molecule is CC(CNCc1nccn1C)C(C)(C)C. The van der Waals surface area contributed by atoms with E-state index in [-0.39, 0.29) is 0 Å². The molecule has 1 heterocycles. The Morgan fingerprint density at radius 2 is 2.13 bits per heavy atom. The Hall–Kier alpha value is -0.830. The maximum Gasteiger partial charge on any atom is 0.122 e. The zero-order valence-electron chi connectivity index (χ0n) is 10.5. The molecule has 1 aromatic heterocycles. The number of nitrogens with zero attached hydrogens (tertiary/aromatic N) is 2. The van der Waals surface area contributed by atoms with E-state index in [0.717, 1.165) is 18.9 Å². The van der Waals surface area contributed by atoms with Crippen LogP contribution in [0.2, 0.25) is 0 Å². The quantitative estimate of drug-likeness (QED) is 0.824. The molecular formula is C12H23N3. The lowest BCUT2D eigenvalue weighted by molar-refractivity contribution is 0.252. The second-order valence-corrected chi connectivity index (χ2v) is 5.35. The predicted octanol–water partition coefficient (Wildman–Crippen LogP) is 2.19. The first-order valence-corrected chi connectivity index (χ1v) is 5.58. The summed E-state index contributed by atoms with van der Waals surface area (Å²) in [6, 6.07) is 0. The molecule has 1 aromatic rings. The van der Waals surface area contributed by atoms with Crippen molar-refractivity contribution in [2.75, 3.05) is 6.54 Å². The van der Waals surface area contributed by atoms with Crippen LogP contribution < -0.4 is 5.32 Å². The molecule has 86 valence electrons. The second kappa shape index (κ2) is 4.79. The van der Waals surface area contributed by atoms with Crippen molar-refractivity contribution in [2.24, 2.45) is 18.4 Å².